The standard InChI is InChI=1S/C18H24N6/c1-14(20-9-15-10-21-24(11-15)18(2,3)4)16-5-7-17(8-6-16)23-13-19-12-22-23/h5-8,10-14,20H,9H2,1-4H3. The summed E-state index contributed by atoms with van der Waals surface area (Å²) < 4.78 is 3.75. The van der Waals surface area contributed by atoms with E-state index in [9.17, 15) is 0 Å². The molecule has 1 unspecified atom stereocenters. The van der Waals surface area contributed by atoms with Crippen molar-refractivity contribution in [2.24, 2.45) is 0 Å². The summed E-state index contributed by atoms with van der Waals surface area (Å²) in [5.74, 6) is 0. The lowest BCUT2D eigenvalue weighted by Gasteiger charge is -2.19. The number of benzene rings is 1. The molecule has 6 nitrogen and oxygen atoms in total. The molecule has 0 fully saturated rings. The highest BCUT2D eigenvalue weighted by Crippen LogP contribution is 2.17. The van der Waals surface area contributed by atoms with Crippen molar-refractivity contribution in [3.63, 3.8) is 0 Å². The first-order valence-corrected chi connectivity index (χ1v) is 8.16. The smallest absolute Gasteiger partial charge is 0.138 e. The van der Waals surface area contributed by atoms with Gasteiger partial charge in [0.05, 0.1) is 17.4 Å². The zero-order valence-corrected chi connectivity index (χ0v) is 14.6. The zero-order chi connectivity index (χ0) is 17.2. The van der Waals surface area contributed by atoms with Crippen LogP contribution in [0.4, 0.5) is 0 Å². The topological polar surface area (TPSA) is 60.6 Å². The molecule has 3 aromatic rings. The highest BCUT2D eigenvalue weighted by atomic mass is 15.3. The lowest BCUT2D eigenvalue weighted by atomic mass is 10.1. The summed E-state index contributed by atoms with van der Waals surface area (Å²) in [4.78, 5) is 3.97. The largest absolute Gasteiger partial charge is 0.306 e. The van der Waals surface area contributed by atoms with Crippen LogP contribution in [-0.4, -0.2) is 24.5 Å². The fourth-order valence-corrected chi connectivity index (χ4v) is 2.46. The minimum atomic E-state index is 0.0149. The van der Waals surface area contributed by atoms with E-state index in [4.69, 9.17) is 0 Å². The Bertz CT molecular complexity index is 765. The Kier molecular flexibility index (Phi) is 4.49. The Morgan fingerprint density at radius 1 is 1.12 bits per heavy atom. The fraction of sp³-hybridized carbons (Fsp3) is 0.389. The second-order valence-electron chi connectivity index (χ2n) is 7.00. The minimum absolute atomic E-state index is 0.0149. The highest BCUT2D eigenvalue weighted by molar-refractivity contribution is 5.34. The molecule has 2 heterocycles. The number of hydrogen-bond acceptors (Lipinski definition) is 4. The van der Waals surface area contributed by atoms with E-state index < -0.39 is 0 Å². The van der Waals surface area contributed by atoms with E-state index >= 15 is 0 Å². The van der Waals surface area contributed by atoms with Crippen LogP contribution in [0.25, 0.3) is 5.69 Å². The maximum absolute atomic E-state index is 4.44. The predicted molar refractivity (Wildman–Crippen MR) is 93.8 cm³/mol. The van der Waals surface area contributed by atoms with E-state index in [-0.39, 0.29) is 11.6 Å². The van der Waals surface area contributed by atoms with Crippen LogP contribution in [0.2, 0.25) is 0 Å². The van der Waals surface area contributed by atoms with Crippen LogP contribution < -0.4 is 5.32 Å². The Hall–Kier alpha value is -2.47. The van der Waals surface area contributed by atoms with Crippen LogP contribution in [0.5, 0.6) is 0 Å². The molecule has 6 heteroatoms. The molecule has 0 aliphatic carbocycles. The molecule has 0 aliphatic rings. The molecular formula is C18H24N6. The van der Waals surface area contributed by atoms with Crippen molar-refractivity contribution in [2.75, 3.05) is 0 Å². The number of aromatic nitrogens is 5. The van der Waals surface area contributed by atoms with E-state index in [1.165, 1.54) is 17.5 Å². The third-order valence-corrected chi connectivity index (χ3v) is 4.01. The van der Waals surface area contributed by atoms with Crippen molar-refractivity contribution in [2.45, 2.75) is 45.8 Å². The van der Waals surface area contributed by atoms with Gasteiger partial charge in [0, 0.05) is 24.3 Å². The lowest BCUT2D eigenvalue weighted by Crippen LogP contribution is -2.22. The van der Waals surface area contributed by atoms with Crippen LogP contribution in [0.1, 0.15) is 44.9 Å². The third-order valence-electron chi connectivity index (χ3n) is 4.01. The van der Waals surface area contributed by atoms with Crippen LogP contribution in [-0.2, 0) is 12.1 Å². The summed E-state index contributed by atoms with van der Waals surface area (Å²) in [6, 6.07) is 8.60. The molecule has 0 radical (unpaired) electrons. The van der Waals surface area contributed by atoms with Gasteiger partial charge in [-0.15, -0.1) is 0 Å². The number of nitrogens with one attached hydrogen (secondary N) is 1. The zero-order valence-electron chi connectivity index (χ0n) is 14.6. The van der Waals surface area contributed by atoms with Gasteiger partial charge in [0.2, 0.25) is 0 Å². The molecule has 0 amide bonds. The molecule has 2 aromatic heterocycles. The monoisotopic (exact) mass is 324 g/mol. The van der Waals surface area contributed by atoms with Crippen LogP contribution in [0.3, 0.4) is 0 Å². The van der Waals surface area contributed by atoms with Crippen molar-refractivity contribution in [3.8, 4) is 5.69 Å². The average Bonchev–Trinajstić information content (AvgIpc) is 3.23. The number of hydrogen-bond donors (Lipinski definition) is 1. The molecule has 0 aliphatic heterocycles. The molecule has 1 atom stereocenters. The van der Waals surface area contributed by atoms with Crippen molar-refractivity contribution in [3.05, 3.63) is 60.4 Å². The van der Waals surface area contributed by atoms with Gasteiger partial charge in [-0.3, -0.25) is 4.68 Å². The average molecular weight is 324 g/mol. The highest BCUT2D eigenvalue weighted by Gasteiger charge is 2.14. The summed E-state index contributed by atoms with van der Waals surface area (Å²) in [7, 11) is 0. The molecule has 3 rings (SSSR count). The van der Waals surface area contributed by atoms with Crippen molar-refractivity contribution >= 4 is 0 Å². The summed E-state index contributed by atoms with van der Waals surface area (Å²) >= 11 is 0. The summed E-state index contributed by atoms with van der Waals surface area (Å²) in [5.41, 5.74) is 3.45. The predicted octanol–water partition coefficient (Wildman–Crippen LogP) is 3.07. The Morgan fingerprint density at radius 3 is 2.46 bits per heavy atom. The molecule has 1 aromatic carbocycles. The number of rotatable bonds is 5. The summed E-state index contributed by atoms with van der Waals surface area (Å²) in [5, 5.41) is 12.1. The fourth-order valence-electron chi connectivity index (χ4n) is 2.46. The van der Waals surface area contributed by atoms with Gasteiger partial charge in [-0.05, 0) is 45.4 Å². The molecule has 0 saturated carbocycles. The van der Waals surface area contributed by atoms with Crippen molar-refractivity contribution < 1.29 is 0 Å². The molecule has 0 saturated heterocycles. The first-order valence-electron chi connectivity index (χ1n) is 8.16. The van der Waals surface area contributed by atoms with Crippen LogP contribution >= 0.6 is 0 Å². The van der Waals surface area contributed by atoms with Crippen molar-refractivity contribution in [1.29, 1.82) is 0 Å². The summed E-state index contributed by atoms with van der Waals surface area (Å²) in [6.07, 6.45) is 7.27. The first kappa shape index (κ1) is 16.4. The van der Waals surface area contributed by atoms with E-state index in [0.29, 0.717) is 0 Å². The SMILES string of the molecule is CC(NCc1cnn(C(C)(C)C)c1)c1ccc(-n2cncn2)cc1. The van der Waals surface area contributed by atoms with E-state index in [2.05, 4.69) is 78.7 Å². The van der Waals surface area contributed by atoms with Gasteiger partial charge in [0.25, 0.3) is 0 Å². The third kappa shape index (κ3) is 3.71. The van der Waals surface area contributed by atoms with Crippen LogP contribution in [0.15, 0.2) is 49.3 Å². The quantitative estimate of drug-likeness (QED) is 0.783. The Balaban J connectivity index is 1.61. The van der Waals surface area contributed by atoms with Crippen molar-refractivity contribution in [1.82, 2.24) is 29.9 Å². The summed E-state index contributed by atoms with van der Waals surface area (Å²) in [6.45, 7) is 9.41. The van der Waals surface area contributed by atoms with E-state index in [1.807, 2.05) is 10.9 Å². The maximum Gasteiger partial charge on any atom is 0.138 e. The normalized spacial score (nSPS) is 13.2. The lowest BCUT2D eigenvalue weighted by molar-refractivity contribution is 0.355. The second-order valence-corrected chi connectivity index (χ2v) is 7.00. The Morgan fingerprint density at radius 2 is 1.88 bits per heavy atom. The molecule has 0 bridgehead atoms. The van der Waals surface area contributed by atoms with Gasteiger partial charge < -0.3 is 5.32 Å². The van der Waals surface area contributed by atoms with E-state index in [0.717, 1.165) is 12.2 Å². The maximum atomic E-state index is 4.44. The van der Waals surface area contributed by atoms with Gasteiger partial charge in [-0.2, -0.15) is 10.2 Å². The van der Waals surface area contributed by atoms with Gasteiger partial charge in [0.15, 0.2) is 0 Å². The Labute approximate surface area is 142 Å². The first-order chi connectivity index (χ1) is 11.4. The van der Waals surface area contributed by atoms with Gasteiger partial charge in [0.1, 0.15) is 12.7 Å². The second kappa shape index (κ2) is 6.57. The molecule has 1 N–H and O–H groups in total. The van der Waals surface area contributed by atoms with Gasteiger partial charge in [-0.25, -0.2) is 9.67 Å². The van der Waals surface area contributed by atoms with Gasteiger partial charge >= 0.3 is 0 Å². The van der Waals surface area contributed by atoms with Crippen LogP contribution in [0, 0.1) is 0 Å². The molecule has 126 valence electrons. The van der Waals surface area contributed by atoms with E-state index in [1.54, 1.807) is 11.0 Å². The minimum Gasteiger partial charge on any atom is -0.306 e. The molecular weight excluding hydrogens is 300 g/mol. The molecule has 0 spiro atoms. The molecule has 24 heavy (non-hydrogen) atoms. The number of nitrogens with zero attached hydrogens (tertiary/aromatic N) is 5. The van der Waals surface area contributed by atoms with Gasteiger partial charge in [-0.1, -0.05) is 12.1 Å².